The molecule has 1 aliphatic rings. The fourth-order valence-electron chi connectivity index (χ4n) is 3.01. The lowest BCUT2D eigenvalue weighted by Crippen LogP contribution is -2.41. The summed E-state index contributed by atoms with van der Waals surface area (Å²) in [5.41, 5.74) is 1.62. The molecule has 2 heterocycles. The third-order valence-corrected chi connectivity index (χ3v) is 4.65. The highest BCUT2D eigenvalue weighted by Gasteiger charge is 2.34. The number of rotatable bonds is 2. The number of carbonyl (C=O) groups is 1. The Labute approximate surface area is 137 Å². The van der Waals surface area contributed by atoms with Crippen molar-refractivity contribution in [1.29, 1.82) is 0 Å². The van der Waals surface area contributed by atoms with Crippen LogP contribution in [-0.4, -0.2) is 38.7 Å². The first-order chi connectivity index (χ1) is 11.0. The summed E-state index contributed by atoms with van der Waals surface area (Å²) in [6, 6.07) is 7.04. The van der Waals surface area contributed by atoms with E-state index in [1.807, 2.05) is 24.3 Å². The molecule has 23 heavy (non-hydrogen) atoms. The lowest BCUT2D eigenvalue weighted by atomic mass is 9.89. The number of hydrogen-bond donors (Lipinski definition) is 2. The van der Waals surface area contributed by atoms with Gasteiger partial charge in [0.05, 0.1) is 6.04 Å². The first kappa shape index (κ1) is 15.6. The molecule has 0 spiro atoms. The number of nitrogens with zero attached hydrogens (tertiary/aromatic N) is 2. The Hall–Kier alpha value is -2.28. The van der Waals surface area contributed by atoms with Crippen LogP contribution in [0.1, 0.15) is 29.7 Å². The lowest BCUT2D eigenvalue weighted by Gasteiger charge is -2.36. The predicted octanol–water partition coefficient (Wildman–Crippen LogP) is 1.69. The largest absolute Gasteiger partial charge is 0.493 e. The Bertz CT molecular complexity index is 818. The van der Waals surface area contributed by atoms with Gasteiger partial charge in [-0.3, -0.25) is 9.59 Å². The zero-order valence-corrected chi connectivity index (χ0v) is 13.7. The van der Waals surface area contributed by atoms with E-state index >= 15 is 0 Å². The first-order valence-corrected chi connectivity index (χ1v) is 8.47. The molecule has 0 fully saturated rings. The molecule has 3 rings (SSSR count). The smallest absolute Gasteiger partial charge is 0.261 e. The van der Waals surface area contributed by atoms with Crippen molar-refractivity contribution in [1.82, 2.24) is 14.9 Å². The first-order valence-electron chi connectivity index (χ1n) is 7.25. The topological polar surface area (TPSA) is 86.3 Å². The van der Waals surface area contributed by atoms with Crippen LogP contribution in [0.25, 0.3) is 0 Å². The monoisotopic (exact) mass is 331 g/mol. The number of aromatic nitrogens is 2. The number of aromatic amines is 1. The summed E-state index contributed by atoms with van der Waals surface area (Å²) in [5, 5.41) is 10.6. The van der Waals surface area contributed by atoms with Gasteiger partial charge in [0.15, 0.2) is 5.16 Å². The Morgan fingerprint density at radius 2 is 2.17 bits per heavy atom. The minimum Gasteiger partial charge on any atom is -0.493 e. The van der Waals surface area contributed by atoms with Crippen LogP contribution in [0.4, 0.5) is 0 Å². The standard InChI is InChI=1S/C16H17N3O3S/c1-9(20)19-8-7-10-5-3-4-6-11(10)13(19)12-14(21)17-16(23-2)18-15(12)22/h3-6,13H,7-8H2,1-2H3,(H2,17,18,21,22). The van der Waals surface area contributed by atoms with Crippen molar-refractivity contribution in [2.24, 2.45) is 0 Å². The van der Waals surface area contributed by atoms with Crippen molar-refractivity contribution in [2.45, 2.75) is 24.5 Å². The molecule has 1 unspecified atom stereocenters. The molecule has 0 saturated carbocycles. The SMILES string of the molecule is CSc1nc(O)c(C2c3ccccc3CCN2C(C)=O)c(=O)[nH]1. The number of nitrogens with one attached hydrogen (secondary N) is 1. The minimum absolute atomic E-state index is 0.116. The lowest BCUT2D eigenvalue weighted by molar-refractivity contribution is -0.130. The van der Waals surface area contributed by atoms with Crippen molar-refractivity contribution in [3.63, 3.8) is 0 Å². The van der Waals surface area contributed by atoms with Crippen LogP contribution in [-0.2, 0) is 11.2 Å². The van der Waals surface area contributed by atoms with E-state index in [2.05, 4.69) is 9.97 Å². The molecule has 1 aromatic carbocycles. The van der Waals surface area contributed by atoms with Gasteiger partial charge in [0.1, 0.15) is 5.56 Å². The van der Waals surface area contributed by atoms with Crippen molar-refractivity contribution < 1.29 is 9.90 Å². The van der Waals surface area contributed by atoms with Crippen molar-refractivity contribution >= 4 is 17.7 Å². The third kappa shape index (κ3) is 2.72. The van der Waals surface area contributed by atoms with Gasteiger partial charge in [0, 0.05) is 13.5 Å². The van der Waals surface area contributed by atoms with Gasteiger partial charge in [-0.05, 0) is 23.8 Å². The number of benzene rings is 1. The second kappa shape index (κ2) is 6.08. The number of aromatic hydroxyl groups is 1. The second-order valence-electron chi connectivity index (χ2n) is 5.38. The summed E-state index contributed by atoms with van der Waals surface area (Å²) in [4.78, 5) is 32.8. The normalized spacial score (nSPS) is 17.0. The van der Waals surface area contributed by atoms with Crippen LogP contribution in [0.2, 0.25) is 0 Å². The van der Waals surface area contributed by atoms with Gasteiger partial charge < -0.3 is 15.0 Å². The molecular weight excluding hydrogens is 314 g/mol. The van der Waals surface area contributed by atoms with E-state index < -0.39 is 11.6 Å². The predicted molar refractivity (Wildman–Crippen MR) is 87.7 cm³/mol. The highest BCUT2D eigenvalue weighted by atomic mass is 32.2. The molecule has 7 heteroatoms. The van der Waals surface area contributed by atoms with Crippen LogP contribution in [0.3, 0.4) is 0 Å². The van der Waals surface area contributed by atoms with Crippen molar-refractivity contribution in [2.75, 3.05) is 12.8 Å². The second-order valence-corrected chi connectivity index (χ2v) is 6.17. The Balaban J connectivity index is 2.23. The number of hydrogen-bond acceptors (Lipinski definition) is 5. The van der Waals surface area contributed by atoms with Gasteiger partial charge in [-0.2, -0.15) is 4.98 Å². The van der Waals surface area contributed by atoms with Crippen LogP contribution in [0.15, 0.2) is 34.2 Å². The number of fused-ring (bicyclic) bond motifs is 1. The van der Waals surface area contributed by atoms with Crippen molar-refractivity contribution in [3.8, 4) is 5.88 Å². The average molecular weight is 331 g/mol. The summed E-state index contributed by atoms with van der Waals surface area (Å²) in [7, 11) is 0. The van der Waals surface area contributed by atoms with Gasteiger partial charge in [-0.15, -0.1) is 0 Å². The molecule has 1 aliphatic heterocycles. The van der Waals surface area contributed by atoms with Crippen molar-refractivity contribution in [3.05, 3.63) is 51.3 Å². The average Bonchev–Trinajstić information content (AvgIpc) is 2.53. The van der Waals surface area contributed by atoms with E-state index in [1.165, 1.54) is 18.7 Å². The number of H-pyrrole nitrogens is 1. The quantitative estimate of drug-likeness (QED) is 0.646. The number of thioether (sulfide) groups is 1. The maximum Gasteiger partial charge on any atom is 0.261 e. The van der Waals surface area contributed by atoms with E-state index in [9.17, 15) is 14.7 Å². The van der Waals surface area contributed by atoms with E-state index in [0.29, 0.717) is 11.7 Å². The fraction of sp³-hybridized carbons (Fsp3) is 0.312. The van der Waals surface area contributed by atoms with E-state index in [1.54, 1.807) is 11.2 Å². The van der Waals surface area contributed by atoms with E-state index in [4.69, 9.17) is 0 Å². The van der Waals surface area contributed by atoms with Gasteiger partial charge >= 0.3 is 0 Å². The van der Waals surface area contributed by atoms with Gasteiger partial charge in [-0.25, -0.2) is 0 Å². The fourth-order valence-corrected chi connectivity index (χ4v) is 3.38. The maximum absolute atomic E-state index is 12.5. The maximum atomic E-state index is 12.5. The Kier molecular flexibility index (Phi) is 4.12. The molecule has 0 radical (unpaired) electrons. The summed E-state index contributed by atoms with van der Waals surface area (Å²) in [6.45, 7) is 1.97. The molecule has 1 atom stereocenters. The van der Waals surface area contributed by atoms with Gasteiger partial charge in [0.2, 0.25) is 11.8 Å². The molecule has 0 saturated heterocycles. The summed E-state index contributed by atoms with van der Waals surface area (Å²) < 4.78 is 0. The highest BCUT2D eigenvalue weighted by Crippen LogP contribution is 2.36. The molecular formula is C16H17N3O3S. The molecule has 120 valence electrons. The summed E-state index contributed by atoms with van der Waals surface area (Å²) >= 11 is 1.24. The molecule has 1 amide bonds. The molecule has 6 nitrogen and oxygen atoms in total. The Morgan fingerprint density at radius 3 is 2.83 bits per heavy atom. The van der Waals surface area contributed by atoms with E-state index in [0.717, 1.165) is 17.5 Å². The zero-order chi connectivity index (χ0) is 16.6. The van der Waals surface area contributed by atoms with Crippen LogP contribution in [0, 0.1) is 0 Å². The van der Waals surface area contributed by atoms with Crippen LogP contribution in [0.5, 0.6) is 5.88 Å². The molecule has 2 aromatic rings. The summed E-state index contributed by atoms with van der Waals surface area (Å²) in [5.74, 6) is -0.469. The van der Waals surface area contributed by atoms with Crippen LogP contribution < -0.4 is 5.56 Å². The van der Waals surface area contributed by atoms with Crippen LogP contribution >= 0.6 is 11.8 Å². The summed E-state index contributed by atoms with van der Waals surface area (Å²) in [6.07, 6.45) is 2.48. The zero-order valence-electron chi connectivity index (χ0n) is 12.9. The third-order valence-electron chi connectivity index (χ3n) is 4.07. The van der Waals surface area contributed by atoms with E-state index in [-0.39, 0.29) is 17.4 Å². The Morgan fingerprint density at radius 1 is 1.43 bits per heavy atom. The van der Waals surface area contributed by atoms with Gasteiger partial charge in [0.25, 0.3) is 5.56 Å². The van der Waals surface area contributed by atoms with Gasteiger partial charge in [-0.1, -0.05) is 36.0 Å². The molecule has 0 bridgehead atoms. The highest BCUT2D eigenvalue weighted by molar-refractivity contribution is 7.98. The number of amides is 1. The number of carbonyl (C=O) groups excluding carboxylic acids is 1. The minimum atomic E-state index is -0.621. The molecule has 2 N–H and O–H groups in total. The molecule has 1 aromatic heterocycles. The molecule has 0 aliphatic carbocycles.